The number of rotatable bonds is 6. The molecule has 0 spiro atoms. The Morgan fingerprint density at radius 2 is 1.76 bits per heavy atom. The number of ether oxygens (including phenoxy) is 1. The number of nitrogens with zero attached hydrogens (tertiary/aromatic N) is 1. The highest BCUT2D eigenvalue weighted by Crippen LogP contribution is 2.36. The molecule has 4 nitrogen and oxygen atoms in total. The van der Waals surface area contributed by atoms with Crippen molar-refractivity contribution >= 4 is 27.3 Å². The van der Waals surface area contributed by atoms with Gasteiger partial charge in [0.1, 0.15) is 11.6 Å². The van der Waals surface area contributed by atoms with E-state index in [1.807, 2.05) is 38.1 Å². The molecule has 29 heavy (non-hydrogen) atoms. The molecule has 1 atom stereocenters. The monoisotopic (exact) mass is 433 g/mol. The molecule has 0 aliphatic rings. The number of sulfonamides is 1. The Bertz CT molecular complexity index is 1130. The van der Waals surface area contributed by atoms with Gasteiger partial charge < -0.3 is 4.74 Å². The van der Waals surface area contributed by atoms with E-state index in [-0.39, 0.29) is 9.92 Å². The molecule has 0 N–H and O–H groups in total. The van der Waals surface area contributed by atoms with Crippen LogP contribution in [-0.4, -0.2) is 15.5 Å². The van der Waals surface area contributed by atoms with Crippen molar-refractivity contribution in [2.75, 3.05) is 11.4 Å². The Morgan fingerprint density at radius 3 is 2.41 bits per heavy atom. The molecule has 3 aromatic carbocycles. The first-order chi connectivity index (χ1) is 13.8. The molecule has 0 unspecified atom stereocenters. The van der Waals surface area contributed by atoms with Crippen molar-refractivity contribution < 1.29 is 17.5 Å². The second kappa shape index (κ2) is 8.43. The predicted octanol–water partition coefficient (Wildman–Crippen LogP) is 5.75. The van der Waals surface area contributed by atoms with E-state index >= 15 is 0 Å². The maximum Gasteiger partial charge on any atom is 0.264 e. The molecular weight excluding hydrogens is 413 g/mol. The highest BCUT2D eigenvalue weighted by Gasteiger charge is 2.31. The first-order valence-electron chi connectivity index (χ1n) is 8.94. The van der Waals surface area contributed by atoms with Gasteiger partial charge >= 0.3 is 0 Å². The fourth-order valence-corrected chi connectivity index (χ4v) is 5.15. The topological polar surface area (TPSA) is 46.6 Å². The summed E-state index contributed by atoms with van der Waals surface area (Å²) in [4.78, 5) is -0.0906. The number of anilines is 1. The molecule has 0 aliphatic carbocycles. The van der Waals surface area contributed by atoms with E-state index in [2.05, 4.69) is 0 Å². The summed E-state index contributed by atoms with van der Waals surface area (Å²) in [6.07, 6.45) is 0. The van der Waals surface area contributed by atoms with Gasteiger partial charge in [-0.05, 0) is 55.3 Å². The van der Waals surface area contributed by atoms with Crippen LogP contribution in [0.3, 0.4) is 0 Å². The Hall–Kier alpha value is -2.57. The Kier molecular flexibility index (Phi) is 6.15. The van der Waals surface area contributed by atoms with Crippen LogP contribution in [0.2, 0.25) is 5.02 Å². The van der Waals surface area contributed by atoms with Crippen molar-refractivity contribution in [3.05, 3.63) is 88.7 Å². The van der Waals surface area contributed by atoms with Crippen molar-refractivity contribution in [2.24, 2.45) is 0 Å². The van der Waals surface area contributed by atoms with E-state index in [1.165, 1.54) is 17.5 Å². The fourth-order valence-electron chi connectivity index (χ4n) is 3.25. The van der Waals surface area contributed by atoms with Crippen molar-refractivity contribution in [1.29, 1.82) is 0 Å². The van der Waals surface area contributed by atoms with Crippen molar-refractivity contribution in [1.82, 2.24) is 0 Å². The second-order valence-electron chi connectivity index (χ2n) is 6.61. The van der Waals surface area contributed by atoms with E-state index in [4.69, 9.17) is 16.3 Å². The van der Waals surface area contributed by atoms with Gasteiger partial charge in [-0.3, -0.25) is 4.31 Å². The van der Waals surface area contributed by atoms with Crippen LogP contribution in [0.4, 0.5) is 10.1 Å². The number of halogens is 2. The van der Waals surface area contributed by atoms with Gasteiger partial charge in [-0.25, -0.2) is 12.8 Å². The molecule has 3 aromatic rings. The Morgan fingerprint density at radius 1 is 1.03 bits per heavy atom. The van der Waals surface area contributed by atoms with Gasteiger partial charge in [0.05, 0.1) is 28.8 Å². The lowest BCUT2D eigenvalue weighted by Crippen LogP contribution is -2.34. The van der Waals surface area contributed by atoms with Crippen LogP contribution in [0.15, 0.2) is 71.6 Å². The lowest BCUT2D eigenvalue weighted by molar-refractivity contribution is 0.415. The molecule has 0 fully saturated rings. The SMILES string of the molecule is COc1cccc(N([C@H](C)c2ccccc2C)S(=O)(=O)c2ccc(F)c(Cl)c2)c1. The number of aryl methyl sites for hydroxylation is 1. The van der Waals surface area contributed by atoms with E-state index in [0.29, 0.717) is 11.4 Å². The van der Waals surface area contributed by atoms with Gasteiger partial charge in [-0.1, -0.05) is 41.9 Å². The summed E-state index contributed by atoms with van der Waals surface area (Å²) in [6.45, 7) is 3.74. The molecule has 7 heteroatoms. The minimum absolute atomic E-state index is 0.0906. The molecule has 152 valence electrons. The predicted molar refractivity (Wildman–Crippen MR) is 114 cm³/mol. The average Bonchev–Trinajstić information content (AvgIpc) is 2.70. The molecule has 0 radical (unpaired) electrons. The van der Waals surface area contributed by atoms with E-state index < -0.39 is 21.9 Å². The molecule has 0 aliphatic heterocycles. The number of methoxy groups -OCH3 is 1. The summed E-state index contributed by atoms with van der Waals surface area (Å²) < 4.78 is 47.5. The smallest absolute Gasteiger partial charge is 0.264 e. The molecule has 3 rings (SSSR count). The van der Waals surface area contributed by atoms with Crippen LogP contribution in [0.5, 0.6) is 5.75 Å². The molecule has 0 heterocycles. The summed E-state index contributed by atoms with van der Waals surface area (Å²) in [5.74, 6) is -0.151. The molecular formula is C22H21ClFNO3S. The van der Waals surface area contributed by atoms with E-state index in [9.17, 15) is 12.8 Å². The summed E-state index contributed by atoms with van der Waals surface area (Å²) in [6, 6.07) is 17.3. The maximum atomic E-state index is 13.6. The van der Waals surface area contributed by atoms with Gasteiger partial charge in [-0.15, -0.1) is 0 Å². The summed E-state index contributed by atoms with van der Waals surface area (Å²) in [5, 5.41) is -0.250. The fraction of sp³-hybridized carbons (Fsp3) is 0.182. The summed E-state index contributed by atoms with van der Waals surface area (Å²) in [7, 11) is -2.54. The lowest BCUT2D eigenvalue weighted by atomic mass is 10.0. The lowest BCUT2D eigenvalue weighted by Gasteiger charge is -2.32. The summed E-state index contributed by atoms with van der Waals surface area (Å²) in [5.41, 5.74) is 2.24. The van der Waals surface area contributed by atoms with Crippen molar-refractivity contribution in [3.8, 4) is 5.75 Å². The zero-order chi connectivity index (χ0) is 21.2. The van der Waals surface area contributed by atoms with Gasteiger partial charge in [0.2, 0.25) is 0 Å². The van der Waals surface area contributed by atoms with Crippen LogP contribution < -0.4 is 9.04 Å². The third kappa shape index (κ3) is 4.23. The van der Waals surface area contributed by atoms with Crippen LogP contribution in [-0.2, 0) is 10.0 Å². The van der Waals surface area contributed by atoms with Crippen LogP contribution in [0.1, 0.15) is 24.1 Å². The third-order valence-electron chi connectivity index (χ3n) is 4.75. The zero-order valence-corrected chi connectivity index (χ0v) is 17.8. The minimum atomic E-state index is -4.06. The third-order valence-corrected chi connectivity index (χ3v) is 6.93. The normalized spacial score (nSPS) is 12.4. The maximum absolute atomic E-state index is 13.6. The molecule has 0 aromatic heterocycles. The Balaban J connectivity index is 2.21. The Labute approximate surface area is 175 Å². The van der Waals surface area contributed by atoms with Crippen LogP contribution >= 0.6 is 11.6 Å². The quantitative estimate of drug-likeness (QED) is 0.497. The zero-order valence-electron chi connectivity index (χ0n) is 16.3. The molecule has 0 amide bonds. The second-order valence-corrected chi connectivity index (χ2v) is 8.83. The number of hydrogen-bond acceptors (Lipinski definition) is 3. The number of benzene rings is 3. The van der Waals surface area contributed by atoms with Gasteiger partial charge in [0.25, 0.3) is 10.0 Å². The summed E-state index contributed by atoms with van der Waals surface area (Å²) >= 11 is 5.86. The van der Waals surface area contributed by atoms with Crippen molar-refractivity contribution in [2.45, 2.75) is 24.8 Å². The highest BCUT2D eigenvalue weighted by atomic mass is 35.5. The number of hydrogen-bond donors (Lipinski definition) is 0. The van der Waals surface area contributed by atoms with E-state index in [0.717, 1.165) is 23.3 Å². The van der Waals surface area contributed by atoms with Crippen molar-refractivity contribution in [3.63, 3.8) is 0 Å². The van der Waals surface area contributed by atoms with Gasteiger partial charge in [0, 0.05) is 6.07 Å². The standard InChI is InChI=1S/C22H21ClFNO3S/c1-15-7-4-5-10-20(15)16(2)25(17-8-6-9-18(13-17)28-3)29(26,27)19-11-12-22(24)21(23)14-19/h4-14,16H,1-3H3/t16-/m1/s1. The molecule has 0 bridgehead atoms. The van der Waals surface area contributed by atoms with Gasteiger partial charge in [-0.2, -0.15) is 0 Å². The first kappa shape index (κ1) is 21.1. The van der Waals surface area contributed by atoms with Crippen LogP contribution in [0.25, 0.3) is 0 Å². The molecule has 0 saturated heterocycles. The largest absolute Gasteiger partial charge is 0.497 e. The van der Waals surface area contributed by atoms with Crippen LogP contribution in [0, 0.1) is 12.7 Å². The molecule has 0 saturated carbocycles. The highest BCUT2D eigenvalue weighted by molar-refractivity contribution is 7.92. The van der Waals surface area contributed by atoms with Gasteiger partial charge in [0.15, 0.2) is 0 Å². The average molecular weight is 434 g/mol. The minimum Gasteiger partial charge on any atom is -0.497 e. The van der Waals surface area contributed by atoms with E-state index in [1.54, 1.807) is 24.3 Å². The first-order valence-corrected chi connectivity index (χ1v) is 10.8.